The predicted octanol–water partition coefficient (Wildman–Crippen LogP) is -1.87. The zero-order chi connectivity index (χ0) is 18.1. The molecule has 0 spiro atoms. The fraction of sp³-hybridized carbons (Fsp3) is 0.545. The van der Waals surface area contributed by atoms with Gasteiger partial charge in [-0.15, -0.1) is 0 Å². The van der Waals surface area contributed by atoms with Crippen LogP contribution in [0.25, 0.3) is 11.2 Å². The summed E-state index contributed by atoms with van der Waals surface area (Å²) in [5.74, 6) is -0.114. The van der Waals surface area contributed by atoms with Crippen LogP contribution in [0.3, 0.4) is 0 Å². The molecule has 0 aromatic carbocycles. The molecule has 3 rings (SSSR count). The van der Waals surface area contributed by atoms with Crippen molar-refractivity contribution < 1.29 is 34.1 Å². The number of nitrogens with two attached hydrogens (primary N) is 1. The van der Waals surface area contributed by atoms with Crippen molar-refractivity contribution in [2.45, 2.75) is 24.7 Å². The van der Waals surface area contributed by atoms with Gasteiger partial charge in [-0.25, -0.2) is 4.98 Å². The Balaban J connectivity index is 1.90. The quantitative estimate of drug-likeness (QED) is 0.216. The number of hydrogen-bond donors (Lipinski definition) is 5. The molecule has 2 aromatic rings. The number of ether oxygens (including phenoxy) is 2. The van der Waals surface area contributed by atoms with E-state index in [1.54, 1.807) is 0 Å². The van der Waals surface area contributed by atoms with E-state index in [1.165, 1.54) is 18.0 Å². The van der Waals surface area contributed by atoms with Crippen LogP contribution in [-0.2, 0) is 19.0 Å². The molecule has 25 heavy (non-hydrogen) atoms. The van der Waals surface area contributed by atoms with Gasteiger partial charge in [-0.1, -0.05) is 0 Å². The number of aliphatic hydroxyl groups is 2. The highest BCUT2D eigenvalue weighted by Gasteiger charge is 2.47. The maximum atomic E-state index is 11.9. The second-order valence-electron chi connectivity index (χ2n) is 5.03. The largest absolute Gasteiger partial charge is 0.387 e. The molecule has 3 heterocycles. The molecule has 138 valence electrons. The lowest BCUT2D eigenvalue weighted by atomic mass is 10.2. The van der Waals surface area contributed by atoms with Crippen LogP contribution in [0.15, 0.2) is 11.1 Å². The van der Waals surface area contributed by atoms with Crippen LogP contribution in [0, 0.1) is 0 Å². The minimum atomic E-state index is -2.22. The SMILES string of the molecule is CO[C@H]1C(O)[C@@H](OOP(O)CO)O[C@H]1n1cnc2c(=O)[nH]c(N)nc21. The molecule has 14 heteroatoms. The number of aliphatic hydroxyl groups excluding tert-OH is 2. The van der Waals surface area contributed by atoms with Crippen molar-refractivity contribution in [2.75, 3.05) is 19.2 Å². The number of hydrogen-bond acceptors (Lipinski definition) is 11. The average molecular weight is 377 g/mol. The number of nitrogens with zero attached hydrogens (tertiary/aromatic N) is 3. The Morgan fingerprint density at radius 1 is 1.56 bits per heavy atom. The predicted molar refractivity (Wildman–Crippen MR) is 81.7 cm³/mol. The van der Waals surface area contributed by atoms with E-state index in [1.807, 2.05) is 0 Å². The van der Waals surface area contributed by atoms with Crippen LogP contribution in [0.4, 0.5) is 5.95 Å². The van der Waals surface area contributed by atoms with Gasteiger partial charge in [0.25, 0.3) is 5.56 Å². The lowest BCUT2D eigenvalue weighted by Crippen LogP contribution is -2.34. The first-order chi connectivity index (χ1) is 12.0. The first kappa shape index (κ1) is 18.1. The molecule has 0 radical (unpaired) electrons. The van der Waals surface area contributed by atoms with E-state index in [0.717, 1.165) is 0 Å². The van der Waals surface area contributed by atoms with Crippen molar-refractivity contribution in [1.29, 1.82) is 0 Å². The first-order valence-corrected chi connectivity index (χ1v) is 8.35. The van der Waals surface area contributed by atoms with Crippen LogP contribution in [0.2, 0.25) is 0 Å². The van der Waals surface area contributed by atoms with Gasteiger partial charge in [-0.3, -0.25) is 14.3 Å². The molecule has 0 saturated carbocycles. The summed E-state index contributed by atoms with van der Waals surface area (Å²) < 4.78 is 16.7. The van der Waals surface area contributed by atoms with Gasteiger partial charge in [-0.2, -0.15) is 14.5 Å². The van der Waals surface area contributed by atoms with Crippen molar-refractivity contribution in [2.24, 2.45) is 0 Å². The molecule has 0 aliphatic carbocycles. The molecule has 1 fully saturated rings. The van der Waals surface area contributed by atoms with Crippen molar-refractivity contribution >= 4 is 25.5 Å². The van der Waals surface area contributed by atoms with E-state index in [4.69, 9.17) is 25.2 Å². The molecular formula is C11H16N5O8P. The number of anilines is 1. The van der Waals surface area contributed by atoms with E-state index >= 15 is 0 Å². The number of methoxy groups -OCH3 is 1. The zero-order valence-corrected chi connectivity index (χ0v) is 13.7. The van der Waals surface area contributed by atoms with Crippen LogP contribution in [0.5, 0.6) is 0 Å². The van der Waals surface area contributed by atoms with Crippen molar-refractivity contribution in [3.8, 4) is 0 Å². The summed E-state index contributed by atoms with van der Waals surface area (Å²) in [5, 5.41) is 19.0. The Hall–Kier alpha value is -1.70. The number of nitrogen functional groups attached to an aromatic ring is 1. The Morgan fingerprint density at radius 2 is 2.32 bits per heavy atom. The molecule has 1 saturated heterocycles. The van der Waals surface area contributed by atoms with Gasteiger partial charge < -0.3 is 30.3 Å². The molecule has 0 bridgehead atoms. The normalized spacial score (nSPS) is 27.8. The number of imidazole rings is 1. The number of rotatable bonds is 6. The van der Waals surface area contributed by atoms with Gasteiger partial charge in [0.05, 0.1) is 6.33 Å². The highest BCUT2D eigenvalue weighted by molar-refractivity contribution is 7.45. The third-order valence-electron chi connectivity index (χ3n) is 3.51. The summed E-state index contributed by atoms with van der Waals surface area (Å²) >= 11 is 0. The third-order valence-corrected chi connectivity index (χ3v) is 4.01. The molecular weight excluding hydrogens is 361 g/mol. The zero-order valence-electron chi connectivity index (χ0n) is 12.8. The highest BCUT2D eigenvalue weighted by Crippen LogP contribution is 2.37. The van der Waals surface area contributed by atoms with E-state index < -0.39 is 45.0 Å². The number of fused-ring (bicyclic) bond motifs is 1. The molecule has 6 N–H and O–H groups in total. The lowest BCUT2D eigenvalue weighted by Gasteiger charge is -2.19. The van der Waals surface area contributed by atoms with Crippen molar-refractivity contribution in [3.63, 3.8) is 0 Å². The van der Waals surface area contributed by atoms with Gasteiger partial charge in [-0.05, 0) is 0 Å². The number of nitrogens with one attached hydrogen (secondary N) is 1. The standard InChI is InChI=1S/C11H16N5O8P/c1-21-6-5(18)10(23-24-25(20)3-17)22-9(6)16-2-13-4-7(16)14-11(12)15-8(4)19/h2,5-6,9-10,17-18,20H,3H2,1H3,(H3,12,14,15,19)/t5?,6-,9+,10+,25?/m0/s1. The summed E-state index contributed by atoms with van der Waals surface area (Å²) in [6.45, 7) is 0. The van der Waals surface area contributed by atoms with Crippen molar-refractivity contribution in [3.05, 3.63) is 16.7 Å². The third kappa shape index (κ3) is 3.36. The summed E-state index contributed by atoms with van der Waals surface area (Å²) in [4.78, 5) is 36.1. The molecule has 1 aliphatic heterocycles. The van der Waals surface area contributed by atoms with E-state index in [-0.39, 0.29) is 17.1 Å². The monoisotopic (exact) mass is 377 g/mol. The van der Waals surface area contributed by atoms with E-state index in [9.17, 15) is 14.8 Å². The fourth-order valence-electron chi connectivity index (χ4n) is 2.42. The lowest BCUT2D eigenvalue weighted by molar-refractivity contribution is -0.332. The van der Waals surface area contributed by atoms with Gasteiger partial charge >= 0.3 is 0 Å². The molecule has 1 aliphatic rings. The highest BCUT2D eigenvalue weighted by atomic mass is 31.2. The fourth-order valence-corrected chi connectivity index (χ4v) is 2.65. The van der Waals surface area contributed by atoms with Gasteiger partial charge in [0.2, 0.25) is 20.6 Å². The van der Waals surface area contributed by atoms with Gasteiger partial charge in [0.15, 0.2) is 17.4 Å². The second-order valence-corrected chi connectivity index (χ2v) is 6.16. The van der Waals surface area contributed by atoms with Crippen LogP contribution >= 0.6 is 8.38 Å². The minimum Gasteiger partial charge on any atom is -0.387 e. The van der Waals surface area contributed by atoms with Crippen LogP contribution < -0.4 is 11.3 Å². The van der Waals surface area contributed by atoms with E-state index in [2.05, 4.69) is 19.6 Å². The average Bonchev–Trinajstić information content (AvgIpc) is 3.13. The molecule has 2 aromatic heterocycles. The first-order valence-electron chi connectivity index (χ1n) is 6.95. The maximum absolute atomic E-state index is 11.9. The second kappa shape index (κ2) is 7.27. The topological polar surface area (TPSA) is 187 Å². The number of aromatic nitrogens is 4. The summed E-state index contributed by atoms with van der Waals surface area (Å²) in [6, 6.07) is 0. The molecule has 0 amide bonds. The van der Waals surface area contributed by atoms with Crippen LogP contribution in [0.1, 0.15) is 6.23 Å². The van der Waals surface area contributed by atoms with Gasteiger partial charge in [0.1, 0.15) is 18.6 Å². The Labute approximate surface area is 140 Å². The van der Waals surface area contributed by atoms with Crippen molar-refractivity contribution in [1.82, 2.24) is 19.5 Å². The summed E-state index contributed by atoms with van der Waals surface area (Å²) in [5.41, 5.74) is 5.17. The van der Waals surface area contributed by atoms with Crippen LogP contribution in [-0.4, -0.2) is 66.6 Å². The Kier molecular flexibility index (Phi) is 5.27. The maximum Gasteiger partial charge on any atom is 0.280 e. The molecule has 2 unspecified atom stereocenters. The van der Waals surface area contributed by atoms with Gasteiger partial charge in [0, 0.05) is 7.11 Å². The summed E-state index contributed by atoms with van der Waals surface area (Å²) in [6.07, 6.45) is -3.87. The number of H-pyrrole nitrogens is 1. The number of aromatic amines is 1. The Bertz CT molecular complexity index is 798. The molecule has 13 nitrogen and oxygen atoms in total. The smallest absolute Gasteiger partial charge is 0.280 e. The Morgan fingerprint density at radius 3 is 3.00 bits per heavy atom. The van der Waals surface area contributed by atoms with E-state index in [0.29, 0.717) is 0 Å². The molecule has 5 atom stereocenters. The minimum absolute atomic E-state index is 0.0296. The summed E-state index contributed by atoms with van der Waals surface area (Å²) in [7, 11) is -0.879.